The number of aliphatic carboxylic acids is 2. The van der Waals surface area contributed by atoms with Crippen molar-refractivity contribution >= 4 is 65.1 Å². The molecule has 0 aromatic heterocycles. The highest BCUT2D eigenvalue weighted by atomic mass is 16.4. The number of carbonyl (C=O) groups is 11. The van der Waals surface area contributed by atoms with E-state index in [0.717, 1.165) is 4.90 Å². The van der Waals surface area contributed by atoms with E-state index in [0.29, 0.717) is 0 Å². The van der Waals surface area contributed by atoms with Crippen LogP contribution in [0.25, 0.3) is 0 Å². The van der Waals surface area contributed by atoms with Crippen LogP contribution in [0.1, 0.15) is 51.4 Å². The minimum Gasteiger partial charge on any atom is -0.481 e. The molecule has 0 spiro atoms. The number of hydrogen-bond acceptors (Lipinski definition) is 12. The third kappa shape index (κ3) is 14.2. The Bertz CT molecular complexity index is 1360. The third-order valence-electron chi connectivity index (χ3n) is 6.97. The molecule has 0 aliphatic carbocycles. The van der Waals surface area contributed by atoms with Crippen LogP contribution in [0.2, 0.25) is 0 Å². The number of nitrogens with zero attached hydrogens (tertiary/aromatic N) is 1. The zero-order chi connectivity index (χ0) is 37.6. The Balaban J connectivity index is 3.25. The van der Waals surface area contributed by atoms with E-state index < -0.39 is 140 Å². The first kappa shape index (κ1) is 41.2. The summed E-state index contributed by atoms with van der Waals surface area (Å²) in [4.78, 5) is 135. The SMILES string of the molecule is NC(=O)C[C@H](NC(=O)[C@H](CC(N)=O)NC(=O)[C@@H]1CCCN1C(=O)[C@H](CCC(=O)O)NC(=O)[C@H](CC(N)=O)NC(=O)[C@@H](N)CC(=O)O)C(N)=O. The Morgan fingerprint density at radius 1 is 0.633 bits per heavy atom. The summed E-state index contributed by atoms with van der Waals surface area (Å²) in [5.74, 6) is -12.6. The van der Waals surface area contributed by atoms with E-state index in [1.54, 1.807) is 0 Å². The van der Waals surface area contributed by atoms with Gasteiger partial charge in [-0.15, -0.1) is 0 Å². The van der Waals surface area contributed by atoms with Crippen LogP contribution in [0.5, 0.6) is 0 Å². The highest BCUT2D eigenvalue weighted by Gasteiger charge is 2.40. The molecule has 1 fully saturated rings. The largest absolute Gasteiger partial charge is 0.481 e. The Hall–Kier alpha value is -5.87. The Kier molecular flexibility index (Phi) is 16.0. The number of primary amides is 4. The smallest absolute Gasteiger partial charge is 0.305 e. The number of nitrogens with two attached hydrogens (primary N) is 5. The molecule has 0 aromatic carbocycles. The van der Waals surface area contributed by atoms with Gasteiger partial charge in [-0.25, -0.2) is 0 Å². The van der Waals surface area contributed by atoms with Gasteiger partial charge in [0.15, 0.2) is 0 Å². The fourth-order valence-electron chi connectivity index (χ4n) is 4.65. The quantitative estimate of drug-likeness (QED) is 0.0530. The van der Waals surface area contributed by atoms with Gasteiger partial charge in [0.1, 0.15) is 30.2 Å². The molecule has 272 valence electrons. The molecule has 0 radical (unpaired) electrons. The zero-order valence-electron chi connectivity index (χ0n) is 26.0. The van der Waals surface area contributed by atoms with Gasteiger partial charge in [0, 0.05) is 13.0 Å². The molecule has 6 atom stereocenters. The Morgan fingerprint density at radius 3 is 1.57 bits per heavy atom. The molecule has 1 heterocycles. The molecule has 23 heteroatoms. The average Bonchev–Trinajstić information content (AvgIpc) is 3.46. The summed E-state index contributed by atoms with van der Waals surface area (Å²) in [6, 6.07) is -9.73. The third-order valence-corrected chi connectivity index (χ3v) is 6.97. The first-order valence-corrected chi connectivity index (χ1v) is 14.6. The molecular formula is C26H40N10O13. The van der Waals surface area contributed by atoms with E-state index in [4.69, 9.17) is 33.8 Å². The maximum Gasteiger partial charge on any atom is 0.305 e. The first-order valence-electron chi connectivity index (χ1n) is 14.6. The predicted molar refractivity (Wildman–Crippen MR) is 160 cm³/mol. The van der Waals surface area contributed by atoms with E-state index in [1.165, 1.54) is 0 Å². The molecule has 49 heavy (non-hydrogen) atoms. The van der Waals surface area contributed by atoms with Crippen LogP contribution in [-0.4, -0.2) is 123 Å². The summed E-state index contributed by atoms with van der Waals surface area (Å²) in [5.41, 5.74) is 26.1. The number of nitrogens with one attached hydrogen (secondary N) is 4. The second kappa shape index (κ2) is 19.1. The fourth-order valence-corrected chi connectivity index (χ4v) is 4.65. The van der Waals surface area contributed by atoms with Crippen molar-refractivity contribution in [1.29, 1.82) is 0 Å². The molecular weight excluding hydrogens is 660 g/mol. The predicted octanol–water partition coefficient (Wildman–Crippen LogP) is -7.31. The van der Waals surface area contributed by atoms with E-state index in [9.17, 15) is 57.8 Å². The van der Waals surface area contributed by atoms with Crippen molar-refractivity contribution in [3.05, 3.63) is 0 Å². The van der Waals surface area contributed by atoms with Crippen molar-refractivity contribution in [3.63, 3.8) is 0 Å². The molecule has 0 bridgehead atoms. The zero-order valence-corrected chi connectivity index (χ0v) is 26.0. The molecule has 16 N–H and O–H groups in total. The average molecular weight is 701 g/mol. The molecule has 23 nitrogen and oxygen atoms in total. The molecule has 1 rings (SSSR count). The van der Waals surface area contributed by atoms with Gasteiger partial charge in [-0.3, -0.25) is 52.7 Å². The van der Waals surface area contributed by atoms with Crippen molar-refractivity contribution in [2.75, 3.05) is 6.54 Å². The second-order valence-corrected chi connectivity index (χ2v) is 11.0. The lowest BCUT2D eigenvalue weighted by molar-refractivity contribution is -0.144. The molecule has 0 saturated carbocycles. The maximum atomic E-state index is 13.7. The van der Waals surface area contributed by atoms with Gasteiger partial charge in [0.2, 0.25) is 53.2 Å². The van der Waals surface area contributed by atoms with Crippen LogP contribution in [0.4, 0.5) is 0 Å². The standard InChI is InChI=1S/C26H40N10O13/c27-10(6-20(42)43)22(45)34-13(8-17(29)38)23(46)32-11(3-4-19(40)41)26(49)36-5-1-2-15(36)25(48)35-14(9-18(30)39)24(47)33-12(21(31)44)7-16(28)37/h10-15H,1-9,27H2,(H2,28,37)(H2,29,38)(H2,30,39)(H2,31,44)(H,32,46)(H,33,47)(H,34,45)(H,35,48)(H,40,41)(H,42,43)/t10-,11-,12-,13-,14-,15-/m0/s1. The summed E-state index contributed by atoms with van der Waals surface area (Å²) in [6.07, 6.45) is -4.17. The van der Waals surface area contributed by atoms with Crippen LogP contribution in [0, 0.1) is 0 Å². The van der Waals surface area contributed by atoms with E-state index in [2.05, 4.69) is 21.3 Å². The van der Waals surface area contributed by atoms with Crippen LogP contribution in [-0.2, 0) is 52.7 Å². The van der Waals surface area contributed by atoms with E-state index in [-0.39, 0.29) is 19.4 Å². The molecule has 1 saturated heterocycles. The number of carboxylic acid groups (broad SMARTS) is 2. The van der Waals surface area contributed by atoms with Gasteiger partial charge in [0.25, 0.3) is 0 Å². The van der Waals surface area contributed by atoms with Crippen molar-refractivity contribution in [3.8, 4) is 0 Å². The highest BCUT2D eigenvalue weighted by Crippen LogP contribution is 2.20. The topological polar surface area (TPSA) is 410 Å². The minimum absolute atomic E-state index is 0.00447. The molecule has 1 aliphatic rings. The Labute approximate surface area is 277 Å². The molecule has 0 unspecified atom stereocenters. The van der Waals surface area contributed by atoms with Gasteiger partial charge in [-0.05, 0) is 19.3 Å². The summed E-state index contributed by atoms with van der Waals surface area (Å²) < 4.78 is 0. The van der Waals surface area contributed by atoms with Crippen LogP contribution in [0.3, 0.4) is 0 Å². The normalized spacial score (nSPS) is 16.8. The fraction of sp³-hybridized carbons (Fsp3) is 0.577. The van der Waals surface area contributed by atoms with Crippen molar-refractivity contribution in [2.24, 2.45) is 28.7 Å². The highest BCUT2D eigenvalue weighted by molar-refractivity contribution is 5.99. The van der Waals surface area contributed by atoms with E-state index >= 15 is 0 Å². The number of likely N-dealkylation sites (tertiary alicyclic amines) is 1. The number of amides is 9. The number of carbonyl (C=O) groups excluding carboxylic acids is 9. The van der Waals surface area contributed by atoms with Crippen molar-refractivity contribution < 1.29 is 63.0 Å². The minimum atomic E-state index is -1.77. The van der Waals surface area contributed by atoms with Crippen molar-refractivity contribution in [1.82, 2.24) is 26.2 Å². The summed E-state index contributed by atoms with van der Waals surface area (Å²) in [7, 11) is 0. The lowest BCUT2D eigenvalue weighted by Crippen LogP contribution is -2.60. The summed E-state index contributed by atoms with van der Waals surface area (Å²) in [5, 5.41) is 26.7. The summed E-state index contributed by atoms with van der Waals surface area (Å²) >= 11 is 0. The monoisotopic (exact) mass is 700 g/mol. The van der Waals surface area contributed by atoms with Gasteiger partial charge >= 0.3 is 11.9 Å². The van der Waals surface area contributed by atoms with Gasteiger partial charge < -0.3 is 65.0 Å². The maximum absolute atomic E-state index is 13.7. The lowest BCUT2D eigenvalue weighted by atomic mass is 10.1. The molecule has 0 aromatic rings. The summed E-state index contributed by atoms with van der Waals surface area (Å²) in [6.45, 7) is -0.100. The van der Waals surface area contributed by atoms with Crippen LogP contribution >= 0.6 is 0 Å². The first-order chi connectivity index (χ1) is 22.7. The van der Waals surface area contributed by atoms with Crippen LogP contribution in [0.15, 0.2) is 0 Å². The van der Waals surface area contributed by atoms with Crippen molar-refractivity contribution in [2.45, 2.75) is 87.6 Å². The number of rotatable bonds is 21. The van der Waals surface area contributed by atoms with E-state index in [1.807, 2.05) is 0 Å². The Morgan fingerprint density at radius 2 is 1.10 bits per heavy atom. The van der Waals surface area contributed by atoms with Gasteiger partial charge in [-0.1, -0.05) is 0 Å². The van der Waals surface area contributed by atoms with Gasteiger partial charge in [0.05, 0.1) is 31.7 Å². The second-order valence-electron chi connectivity index (χ2n) is 11.0. The van der Waals surface area contributed by atoms with Crippen LogP contribution < -0.4 is 49.9 Å². The number of carboxylic acids is 2. The molecule has 1 aliphatic heterocycles. The van der Waals surface area contributed by atoms with Gasteiger partial charge in [-0.2, -0.15) is 0 Å². The molecule has 9 amide bonds. The number of hydrogen-bond donors (Lipinski definition) is 11. The lowest BCUT2D eigenvalue weighted by Gasteiger charge is -2.30.